The van der Waals surface area contributed by atoms with Gasteiger partial charge in [0.25, 0.3) is 0 Å². The Morgan fingerprint density at radius 2 is 1.75 bits per heavy atom. The Morgan fingerprint density at radius 1 is 1.05 bits per heavy atom. The lowest BCUT2D eigenvalue weighted by atomic mass is 10.1. The summed E-state index contributed by atoms with van der Waals surface area (Å²) < 4.78 is 5.73. The number of nitrogens with one attached hydrogen (secondary N) is 1. The fraction of sp³-hybridized carbons (Fsp3) is 0.375. The van der Waals surface area contributed by atoms with Gasteiger partial charge in [-0.3, -0.25) is 4.98 Å². The van der Waals surface area contributed by atoms with Gasteiger partial charge in [-0.15, -0.1) is 0 Å². The van der Waals surface area contributed by atoms with E-state index in [1.165, 1.54) is 11.1 Å². The predicted molar refractivity (Wildman–Crippen MR) is 80.0 cm³/mol. The van der Waals surface area contributed by atoms with Crippen LogP contribution in [0, 0.1) is 13.8 Å². The largest absolute Gasteiger partial charge is 0.437 e. The van der Waals surface area contributed by atoms with Gasteiger partial charge in [0, 0.05) is 12.6 Å². The van der Waals surface area contributed by atoms with Crippen molar-refractivity contribution in [2.24, 2.45) is 0 Å². The summed E-state index contributed by atoms with van der Waals surface area (Å²) in [5, 5.41) is 3.30. The van der Waals surface area contributed by atoms with Crippen LogP contribution in [0.1, 0.15) is 30.7 Å². The molecule has 1 N–H and O–H groups in total. The summed E-state index contributed by atoms with van der Waals surface area (Å²) in [5.74, 6) is 1.31. The van der Waals surface area contributed by atoms with Crippen LogP contribution in [0.4, 0.5) is 0 Å². The molecule has 0 spiro atoms. The van der Waals surface area contributed by atoms with Crippen molar-refractivity contribution >= 4 is 0 Å². The SMILES string of the molecule is Cc1cc(C)cc(Oc2cnc(CNC(C)C)cn2)c1. The maximum Gasteiger partial charge on any atom is 0.237 e. The first kappa shape index (κ1) is 14.5. The number of nitrogens with zero attached hydrogens (tertiary/aromatic N) is 2. The summed E-state index contributed by atoms with van der Waals surface area (Å²) >= 11 is 0. The molecule has 0 aliphatic carbocycles. The Labute approximate surface area is 120 Å². The highest BCUT2D eigenvalue weighted by Gasteiger charge is 2.02. The van der Waals surface area contributed by atoms with E-state index in [0.717, 1.165) is 11.4 Å². The van der Waals surface area contributed by atoms with Crippen molar-refractivity contribution in [2.75, 3.05) is 0 Å². The molecule has 0 atom stereocenters. The number of aromatic nitrogens is 2. The van der Waals surface area contributed by atoms with E-state index in [4.69, 9.17) is 4.74 Å². The molecule has 0 bridgehead atoms. The van der Waals surface area contributed by atoms with Crippen LogP contribution in [0.15, 0.2) is 30.6 Å². The fourth-order valence-electron chi connectivity index (χ4n) is 1.91. The summed E-state index contributed by atoms with van der Waals surface area (Å²) in [6, 6.07) is 6.52. The number of hydrogen-bond donors (Lipinski definition) is 1. The van der Waals surface area contributed by atoms with Gasteiger partial charge in [-0.05, 0) is 37.1 Å². The van der Waals surface area contributed by atoms with Crippen LogP contribution in [0.5, 0.6) is 11.6 Å². The molecular weight excluding hydrogens is 250 g/mol. The predicted octanol–water partition coefficient (Wildman–Crippen LogP) is 3.38. The van der Waals surface area contributed by atoms with Gasteiger partial charge >= 0.3 is 0 Å². The van der Waals surface area contributed by atoms with Crippen molar-refractivity contribution in [3.05, 3.63) is 47.4 Å². The first-order chi connectivity index (χ1) is 9.52. The third-order valence-electron chi connectivity index (χ3n) is 2.79. The molecule has 1 heterocycles. The van der Waals surface area contributed by atoms with Crippen LogP contribution < -0.4 is 10.1 Å². The molecule has 0 fully saturated rings. The standard InChI is InChI=1S/C16H21N3O/c1-11(2)17-8-14-9-19-16(10-18-14)20-15-6-12(3)5-13(4)7-15/h5-7,9-11,17H,8H2,1-4H3. The molecule has 2 aromatic rings. The Kier molecular flexibility index (Phi) is 4.69. The van der Waals surface area contributed by atoms with Gasteiger partial charge < -0.3 is 10.1 Å². The molecule has 106 valence electrons. The summed E-state index contributed by atoms with van der Waals surface area (Å²) in [4.78, 5) is 8.63. The van der Waals surface area contributed by atoms with Crippen molar-refractivity contribution < 1.29 is 4.74 Å². The van der Waals surface area contributed by atoms with Crippen LogP contribution >= 0.6 is 0 Å². The van der Waals surface area contributed by atoms with Crippen molar-refractivity contribution in [3.63, 3.8) is 0 Å². The van der Waals surface area contributed by atoms with E-state index in [0.29, 0.717) is 18.5 Å². The minimum Gasteiger partial charge on any atom is -0.437 e. The van der Waals surface area contributed by atoms with E-state index in [9.17, 15) is 0 Å². The minimum atomic E-state index is 0.433. The average Bonchev–Trinajstić information content (AvgIpc) is 2.36. The molecule has 4 nitrogen and oxygen atoms in total. The monoisotopic (exact) mass is 271 g/mol. The van der Waals surface area contributed by atoms with E-state index in [1.54, 1.807) is 12.4 Å². The molecule has 0 saturated heterocycles. The Bertz CT molecular complexity index is 544. The quantitative estimate of drug-likeness (QED) is 0.905. The lowest BCUT2D eigenvalue weighted by Gasteiger charge is -2.09. The second kappa shape index (κ2) is 6.48. The second-order valence-corrected chi connectivity index (χ2v) is 5.31. The van der Waals surface area contributed by atoms with E-state index in [-0.39, 0.29) is 0 Å². The van der Waals surface area contributed by atoms with Crippen LogP contribution in [-0.4, -0.2) is 16.0 Å². The number of aryl methyl sites for hydroxylation is 2. The third kappa shape index (κ3) is 4.31. The average molecular weight is 271 g/mol. The lowest BCUT2D eigenvalue weighted by Crippen LogP contribution is -2.22. The Morgan fingerprint density at radius 3 is 2.30 bits per heavy atom. The van der Waals surface area contributed by atoms with Gasteiger partial charge in [0.15, 0.2) is 0 Å². The van der Waals surface area contributed by atoms with E-state index >= 15 is 0 Å². The summed E-state index contributed by atoms with van der Waals surface area (Å²) in [7, 11) is 0. The Hall–Kier alpha value is -1.94. The molecule has 2 rings (SSSR count). The number of rotatable bonds is 5. The van der Waals surface area contributed by atoms with E-state index in [1.807, 2.05) is 26.0 Å². The normalized spacial score (nSPS) is 10.8. The van der Waals surface area contributed by atoms with Crippen molar-refractivity contribution in [3.8, 4) is 11.6 Å². The first-order valence-electron chi connectivity index (χ1n) is 6.83. The van der Waals surface area contributed by atoms with E-state index in [2.05, 4.69) is 35.2 Å². The lowest BCUT2D eigenvalue weighted by molar-refractivity contribution is 0.457. The molecule has 4 heteroatoms. The zero-order chi connectivity index (χ0) is 14.5. The molecule has 0 amide bonds. The van der Waals surface area contributed by atoms with Gasteiger partial charge in [0.05, 0.1) is 18.1 Å². The van der Waals surface area contributed by atoms with Gasteiger partial charge in [-0.1, -0.05) is 19.9 Å². The van der Waals surface area contributed by atoms with Crippen molar-refractivity contribution in [2.45, 2.75) is 40.3 Å². The maximum atomic E-state index is 5.73. The van der Waals surface area contributed by atoms with Gasteiger partial charge in [-0.25, -0.2) is 4.98 Å². The van der Waals surface area contributed by atoms with Gasteiger partial charge in [0.1, 0.15) is 5.75 Å². The van der Waals surface area contributed by atoms with E-state index < -0.39 is 0 Å². The second-order valence-electron chi connectivity index (χ2n) is 5.31. The third-order valence-corrected chi connectivity index (χ3v) is 2.79. The topological polar surface area (TPSA) is 47.0 Å². The zero-order valence-electron chi connectivity index (χ0n) is 12.5. The zero-order valence-corrected chi connectivity index (χ0v) is 12.5. The molecule has 0 saturated carbocycles. The van der Waals surface area contributed by atoms with Crippen LogP contribution in [0.3, 0.4) is 0 Å². The fourth-order valence-corrected chi connectivity index (χ4v) is 1.91. The molecule has 20 heavy (non-hydrogen) atoms. The van der Waals surface area contributed by atoms with Crippen LogP contribution in [0.2, 0.25) is 0 Å². The summed E-state index contributed by atoms with van der Waals surface area (Å²) in [6.07, 6.45) is 3.41. The minimum absolute atomic E-state index is 0.433. The Balaban J connectivity index is 2.03. The van der Waals surface area contributed by atoms with Gasteiger partial charge in [-0.2, -0.15) is 0 Å². The first-order valence-corrected chi connectivity index (χ1v) is 6.83. The molecule has 0 aliphatic heterocycles. The number of ether oxygens (including phenoxy) is 1. The molecular formula is C16H21N3O. The van der Waals surface area contributed by atoms with Gasteiger partial charge in [0.2, 0.25) is 5.88 Å². The molecule has 0 aliphatic rings. The highest BCUT2D eigenvalue weighted by Crippen LogP contribution is 2.21. The molecule has 1 aromatic carbocycles. The summed E-state index contributed by atoms with van der Waals surface area (Å²) in [5.41, 5.74) is 3.25. The summed E-state index contributed by atoms with van der Waals surface area (Å²) in [6.45, 7) is 9.02. The molecule has 0 radical (unpaired) electrons. The smallest absolute Gasteiger partial charge is 0.237 e. The number of hydrogen-bond acceptors (Lipinski definition) is 4. The van der Waals surface area contributed by atoms with Crippen LogP contribution in [0.25, 0.3) is 0 Å². The molecule has 1 aromatic heterocycles. The highest BCUT2D eigenvalue weighted by molar-refractivity contribution is 5.35. The number of benzene rings is 1. The highest BCUT2D eigenvalue weighted by atomic mass is 16.5. The molecule has 0 unspecified atom stereocenters. The van der Waals surface area contributed by atoms with Crippen molar-refractivity contribution in [1.82, 2.24) is 15.3 Å². The maximum absolute atomic E-state index is 5.73. The van der Waals surface area contributed by atoms with Crippen molar-refractivity contribution in [1.29, 1.82) is 0 Å². The van der Waals surface area contributed by atoms with Crippen LogP contribution in [-0.2, 0) is 6.54 Å².